The number of hydrogen-bond donors (Lipinski definition) is 2. The molecule has 0 radical (unpaired) electrons. The molecular weight excluding hydrogens is 364 g/mol. The first-order valence-corrected chi connectivity index (χ1v) is 9.44. The molecule has 1 amide bonds. The maximum absolute atomic E-state index is 12.3. The highest BCUT2D eigenvalue weighted by Crippen LogP contribution is 2.30. The molecule has 124 valence electrons. The van der Waals surface area contributed by atoms with Crippen LogP contribution in [0, 0.1) is 0 Å². The number of rotatable bonds is 4. The summed E-state index contributed by atoms with van der Waals surface area (Å²) in [6.45, 7) is 1.22. The molecule has 1 aromatic rings. The standard InChI is InChI=1S/C13H13ClN2O5S2/c1-7(17)21-9-5-3-4-8(11(9)14)12(18)16-13-15-6-10(22-13)23(2,19)20/h3-6,13,15H,1-2H3,(H,16,18). The van der Waals surface area contributed by atoms with Crippen LogP contribution in [0.15, 0.2) is 28.6 Å². The molecule has 7 nitrogen and oxygen atoms in total. The summed E-state index contributed by atoms with van der Waals surface area (Å²) in [6.07, 6.45) is 2.40. The maximum Gasteiger partial charge on any atom is 0.308 e. The molecule has 1 aliphatic heterocycles. The highest BCUT2D eigenvalue weighted by Gasteiger charge is 2.26. The van der Waals surface area contributed by atoms with Gasteiger partial charge in [0.1, 0.15) is 9.99 Å². The molecule has 2 rings (SSSR count). The van der Waals surface area contributed by atoms with Crippen LogP contribution in [0.3, 0.4) is 0 Å². The topological polar surface area (TPSA) is 102 Å². The first-order valence-electron chi connectivity index (χ1n) is 6.29. The number of amides is 1. The smallest absolute Gasteiger partial charge is 0.308 e. The van der Waals surface area contributed by atoms with E-state index in [-0.39, 0.29) is 20.6 Å². The van der Waals surface area contributed by atoms with Crippen molar-refractivity contribution in [1.29, 1.82) is 0 Å². The molecule has 10 heteroatoms. The van der Waals surface area contributed by atoms with E-state index in [1.165, 1.54) is 31.3 Å². The molecule has 23 heavy (non-hydrogen) atoms. The Hall–Kier alpha value is -1.71. The molecule has 1 aromatic carbocycles. The Labute approximate surface area is 142 Å². The van der Waals surface area contributed by atoms with E-state index in [4.69, 9.17) is 16.3 Å². The van der Waals surface area contributed by atoms with Crippen molar-refractivity contribution in [3.63, 3.8) is 0 Å². The maximum atomic E-state index is 12.3. The van der Waals surface area contributed by atoms with E-state index >= 15 is 0 Å². The van der Waals surface area contributed by atoms with Gasteiger partial charge in [0.25, 0.3) is 5.91 Å². The SMILES string of the molecule is CC(=O)Oc1cccc(C(=O)NC2NC=C(S(C)(=O)=O)S2)c1Cl. The molecule has 1 heterocycles. The largest absolute Gasteiger partial charge is 0.425 e. The number of thioether (sulfide) groups is 1. The molecule has 0 spiro atoms. The number of carbonyl (C=O) groups is 2. The number of ether oxygens (including phenoxy) is 1. The minimum atomic E-state index is -3.34. The number of benzene rings is 1. The molecular formula is C13H13ClN2O5S2. The number of esters is 1. The lowest BCUT2D eigenvalue weighted by atomic mass is 10.2. The Bertz CT molecular complexity index is 792. The Balaban J connectivity index is 2.10. The van der Waals surface area contributed by atoms with Crippen molar-refractivity contribution in [1.82, 2.24) is 10.6 Å². The van der Waals surface area contributed by atoms with Gasteiger partial charge in [-0.05, 0) is 12.1 Å². The minimum absolute atomic E-state index is 0.000470. The molecule has 0 aliphatic carbocycles. The van der Waals surface area contributed by atoms with Crippen molar-refractivity contribution in [3.05, 3.63) is 39.2 Å². The average molecular weight is 377 g/mol. The van der Waals surface area contributed by atoms with Crippen LogP contribution in [0.2, 0.25) is 5.02 Å². The van der Waals surface area contributed by atoms with Gasteiger partial charge in [-0.2, -0.15) is 0 Å². The zero-order valence-corrected chi connectivity index (χ0v) is 14.5. The Morgan fingerprint density at radius 1 is 1.39 bits per heavy atom. The fourth-order valence-electron chi connectivity index (χ4n) is 1.71. The summed E-state index contributed by atoms with van der Waals surface area (Å²) in [5, 5.41) is 5.33. The Morgan fingerprint density at radius 2 is 2.09 bits per heavy atom. The van der Waals surface area contributed by atoms with Crippen molar-refractivity contribution >= 4 is 45.1 Å². The number of carbonyl (C=O) groups excluding carboxylic acids is 2. The zero-order valence-electron chi connectivity index (χ0n) is 12.1. The molecule has 1 unspecified atom stereocenters. The molecule has 0 bridgehead atoms. The van der Waals surface area contributed by atoms with Crippen LogP contribution in [0.5, 0.6) is 5.75 Å². The second-order valence-electron chi connectivity index (χ2n) is 4.58. The Morgan fingerprint density at radius 3 is 2.65 bits per heavy atom. The second-order valence-corrected chi connectivity index (χ2v) is 8.35. The minimum Gasteiger partial charge on any atom is -0.425 e. The Kier molecular flexibility index (Phi) is 5.23. The van der Waals surface area contributed by atoms with Gasteiger partial charge < -0.3 is 15.4 Å². The second kappa shape index (κ2) is 6.81. The van der Waals surface area contributed by atoms with Crippen LogP contribution in [-0.4, -0.2) is 32.0 Å². The van der Waals surface area contributed by atoms with Crippen LogP contribution < -0.4 is 15.4 Å². The van der Waals surface area contributed by atoms with Gasteiger partial charge in [-0.1, -0.05) is 29.4 Å². The predicted molar refractivity (Wildman–Crippen MR) is 87.7 cm³/mol. The number of sulfone groups is 1. The molecule has 0 saturated heterocycles. The summed E-state index contributed by atoms with van der Waals surface area (Å²) in [7, 11) is -3.34. The average Bonchev–Trinajstić information content (AvgIpc) is 2.89. The van der Waals surface area contributed by atoms with Gasteiger partial charge >= 0.3 is 5.97 Å². The van der Waals surface area contributed by atoms with E-state index in [2.05, 4.69) is 10.6 Å². The quantitative estimate of drug-likeness (QED) is 0.605. The predicted octanol–water partition coefficient (Wildman–Crippen LogP) is 1.46. The monoisotopic (exact) mass is 376 g/mol. The fraction of sp³-hybridized carbons (Fsp3) is 0.231. The van der Waals surface area contributed by atoms with E-state index in [1.54, 1.807) is 0 Å². The molecule has 0 fully saturated rings. The third kappa shape index (κ3) is 4.40. The van der Waals surface area contributed by atoms with Gasteiger partial charge in [0, 0.05) is 19.4 Å². The molecule has 1 atom stereocenters. The van der Waals surface area contributed by atoms with E-state index in [0.29, 0.717) is 0 Å². The van der Waals surface area contributed by atoms with Crippen LogP contribution in [0.1, 0.15) is 17.3 Å². The normalized spacial score (nSPS) is 17.2. The summed E-state index contributed by atoms with van der Waals surface area (Å²) in [4.78, 5) is 23.3. The summed E-state index contributed by atoms with van der Waals surface area (Å²) in [5.74, 6) is -1.01. The van der Waals surface area contributed by atoms with Gasteiger partial charge in [0.05, 0.1) is 10.6 Å². The highest BCUT2D eigenvalue weighted by molar-refractivity contribution is 8.18. The summed E-state index contributed by atoms with van der Waals surface area (Å²) < 4.78 is 27.9. The van der Waals surface area contributed by atoms with E-state index < -0.39 is 27.2 Å². The van der Waals surface area contributed by atoms with Crippen LogP contribution >= 0.6 is 23.4 Å². The zero-order chi connectivity index (χ0) is 17.2. The lowest BCUT2D eigenvalue weighted by Gasteiger charge is -2.14. The van der Waals surface area contributed by atoms with Gasteiger partial charge in [0.2, 0.25) is 0 Å². The van der Waals surface area contributed by atoms with Gasteiger partial charge in [-0.25, -0.2) is 8.42 Å². The van der Waals surface area contributed by atoms with Gasteiger partial charge in [-0.15, -0.1) is 0 Å². The summed E-state index contributed by atoms with van der Waals surface area (Å²) in [6, 6.07) is 4.45. The van der Waals surface area contributed by atoms with Crippen molar-refractivity contribution in [2.24, 2.45) is 0 Å². The summed E-state index contributed by atoms with van der Waals surface area (Å²) in [5.41, 5.74) is -0.527. The fourth-order valence-corrected chi connectivity index (χ4v) is 3.90. The lowest BCUT2D eigenvalue weighted by molar-refractivity contribution is -0.131. The molecule has 0 aromatic heterocycles. The van der Waals surface area contributed by atoms with Gasteiger partial charge in [0.15, 0.2) is 15.3 Å². The number of halogens is 1. The number of nitrogens with one attached hydrogen (secondary N) is 2. The van der Waals surface area contributed by atoms with Crippen LogP contribution in [-0.2, 0) is 14.6 Å². The first-order chi connectivity index (χ1) is 10.7. The third-order valence-electron chi connectivity index (χ3n) is 2.68. The van der Waals surface area contributed by atoms with Crippen molar-refractivity contribution < 1.29 is 22.7 Å². The highest BCUT2D eigenvalue weighted by atomic mass is 35.5. The van der Waals surface area contributed by atoms with Crippen LogP contribution in [0.25, 0.3) is 0 Å². The van der Waals surface area contributed by atoms with Crippen molar-refractivity contribution in [2.45, 2.75) is 12.4 Å². The summed E-state index contributed by atoms with van der Waals surface area (Å²) >= 11 is 7.02. The van der Waals surface area contributed by atoms with Crippen LogP contribution in [0.4, 0.5) is 0 Å². The lowest BCUT2D eigenvalue weighted by Crippen LogP contribution is -2.38. The molecule has 2 N–H and O–H groups in total. The molecule has 0 saturated carbocycles. The van der Waals surface area contributed by atoms with E-state index in [9.17, 15) is 18.0 Å². The van der Waals surface area contributed by atoms with Gasteiger partial charge in [-0.3, -0.25) is 9.59 Å². The van der Waals surface area contributed by atoms with Crippen molar-refractivity contribution in [2.75, 3.05) is 6.26 Å². The van der Waals surface area contributed by atoms with E-state index in [0.717, 1.165) is 18.0 Å². The first kappa shape index (κ1) is 17.6. The van der Waals surface area contributed by atoms with E-state index in [1.807, 2.05) is 0 Å². The number of hydrogen-bond acceptors (Lipinski definition) is 7. The molecule has 1 aliphatic rings. The third-order valence-corrected chi connectivity index (χ3v) is 5.95. The van der Waals surface area contributed by atoms with Crippen molar-refractivity contribution in [3.8, 4) is 5.75 Å².